The average molecular weight is 456 g/mol. The number of hydrogen-bond acceptors (Lipinski definition) is 6. The minimum Gasteiger partial charge on any atom is -0.490 e. The maximum absolute atomic E-state index is 14.4. The Balaban J connectivity index is 1.34. The van der Waals surface area contributed by atoms with Crippen LogP contribution < -0.4 is 20.5 Å². The lowest BCUT2D eigenvalue weighted by atomic mass is 9.99. The molecule has 33 heavy (non-hydrogen) atoms. The Morgan fingerprint density at radius 2 is 2.09 bits per heavy atom. The molecule has 0 aliphatic carbocycles. The number of ether oxygens (including phenoxy) is 2. The number of carbonyl (C=O) groups is 2. The molecule has 2 aliphatic heterocycles. The van der Waals surface area contributed by atoms with Crippen LogP contribution in [-0.4, -0.2) is 56.3 Å². The number of carbonyl (C=O) groups excluding carboxylic acids is 2. The van der Waals surface area contributed by atoms with Gasteiger partial charge in [0.2, 0.25) is 0 Å². The normalized spacial score (nSPS) is 16.2. The molecule has 172 valence electrons. The lowest BCUT2D eigenvalue weighted by Gasteiger charge is -2.39. The van der Waals surface area contributed by atoms with E-state index in [0.717, 1.165) is 6.07 Å². The van der Waals surface area contributed by atoms with Gasteiger partial charge < -0.3 is 25.4 Å². The summed E-state index contributed by atoms with van der Waals surface area (Å²) in [4.78, 5) is 29.5. The van der Waals surface area contributed by atoms with Crippen molar-refractivity contribution in [2.24, 2.45) is 16.6 Å². The van der Waals surface area contributed by atoms with Crippen LogP contribution in [0.2, 0.25) is 0 Å². The fourth-order valence-corrected chi connectivity index (χ4v) is 3.64. The van der Waals surface area contributed by atoms with Crippen molar-refractivity contribution >= 4 is 29.3 Å². The summed E-state index contributed by atoms with van der Waals surface area (Å²) in [7, 11) is 1.59. The summed E-state index contributed by atoms with van der Waals surface area (Å²) in [5, 5.41) is 2.56. The van der Waals surface area contributed by atoms with Crippen molar-refractivity contribution in [2.45, 2.75) is 0 Å². The number of aliphatic imine (C=N–C) groups is 1. The van der Waals surface area contributed by atoms with Gasteiger partial charge in [-0.05, 0) is 23.8 Å². The van der Waals surface area contributed by atoms with E-state index in [1.165, 1.54) is 35.5 Å². The van der Waals surface area contributed by atoms with Gasteiger partial charge in [-0.25, -0.2) is 8.78 Å². The van der Waals surface area contributed by atoms with Crippen molar-refractivity contribution in [2.75, 3.05) is 38.7 Å². The van der Waals surface area contributed by atoms with Crippen LogP contribution in [0.1, 0.15) is 15.9 Å². The van der Waals surface area contributed by atoms with Gasteiger partial charge in [-0.15, -0.1) is 0 Å². The van der Waals surface area contributed by atoms with Gasteiger partial charge in [0.05, 0.1) is 17.9 Å². The second kappa shape index (κ2) is 9.27. The average Bonchev–Trinajstić information content (AvgIpc) is 2.77. The molecule has 1 saturated heterocycles. The zero-order valence-electron chi connectivity index (χ0n) is 17.8. The Hall–Kier alpha value is -3.95. The molecule has 0 unspecified atom stereocenters. The summed E-state index contributed by atoms with van der Waals surface area (Å²) < 4.78 is 39.5. The smallest absolute Gasteiger partial charge is 0.262 e. The molecule has 8 nitrogen and oxygen atoms in total. The predicted molar refractivity (Wildman–Crippen MR) is 118 cm³/mol. The van der Waals surface area contributed by atoms with E-state index in [4.69, 9.17) is 15.2 Å². The summed E-state index contributed by atoms with van der Waals surface area (Å²) in [6.07, 6.45) is 2.87. The van der Waals surface area contributed by atoms with E-state index < -0.39 is 17.5 Å². The van der Waals surface area contributed by atoms with Gasteiger partial charge in [0, 0.05) is 50.1 Å². The van der Waals surface area contributed by atoms with Gasteiger partial charge in [0.1, 0.15) is 11.6 Å². The molecule has 4 rings (SSSR count). The second-order valence-corrected chi connectivity index (χ2v) is 7.71. The third-order valence-corrected chi connectivity index (χ3v) is 5.36. The van der Waals surface area contributed by atoms with Crippen molar-refractivity contribution in [3.05, 3.63) is 59.3 Å². The molecule has 10 heteroatoms. The standard InChI is InChI=1S/C23H22F2N4O4/c1-27-8-15(7-26)14-2-3-20(18(25)4-14)32-11-13-9-29(10-13)23(31)16-5-19-21(6-17(16)24)33-12-22(30)28-19/h2-8,13H,9-12,26H2,1H3,(H,28,30). The Morgan fingerprint density at radius 1 is 1.30 bits per heavy atom. The van der Waals surface area contributed by atoms with E-state index >= 15 is 0 Å². The number of allylic oxidation sites excluding steroid dienone is 1. The van der Waals surface area contributed by atoms with Crippen molar-refractivity contribution in [3.8, 4) is 11.5 Å². The number of hydrogen-bond donors (Lipinski definition) is 2. The number of nitrogens with two attached hydrogens (primary N) is 1. The highest BCUT2D eigenvalue weighted by Gasteiger charge is 2.34. The zero-order valence-corrected chi connectivity index (χ0v) is 17.8. The van der Waals surface area contributed by atoms with Crippen LogP contribution in [0.4, 0.5) is 14.5 Å². The third-order valence-electron chi connectivity index (χ3n) is 5.36. The van der Waals surface area contributed by atoms with Crippen molar-refractivity contribution in [1.29, 1.82) is 0 Å². The molecule has 1 fully saturated rings. The van der Waals surface area contributed by atoms with Crippen LogP contribution in [0.15, 0.2) is 41.5 Å². The first kappa shape index (κ1) is 22.3. The first-order chi connectivity index (χ1) is 15.9. The molecule has 0 bridgehead atoms. The predicted octanol–water partition coefficient (Wildman–Crippen LogP) is 2.45. The maximum atomic E-state index is 14.4. The third kappa shape index (κ3) is 4.64. The molecule has 0 aromatic heterocycles. The van der Waals surface area contributed by atoms with Crippen molar-refractivity contribution in [1.82, 2.24) is 4.90 Å². The fourth-order valence-electron chi connectivity index (χ4n) is 3.64. The van der Waals surface area contributed by atoms with Gasteiger partial charge in [0.15, 0.2) is 18.2 Å². The number of halogens is 2. The molecule has 2 amide bonds. The first-order valence-corrected chi connectivity index (χ1v) is 10.2. The number of anilines is 1. The highest BCUT2D eigenvalue weighted by atomic mass is 19.1. The van der Waals surface area contributed by atoms with Gasteiger partial charge in [-0.1, -0.05) is 6.07 Å². The maximum Gasteiger partial charge on any atom is 0.262 e. The number of rotatable bonds is 6. The number of benzene rings is 2. The Labute approximate surface area is 188 Å². The Morgan fingerprint density at radius 3 is 2.79 bits per heavy atom. The molecular weight excluding hydrogens is 434 g/mol. The van der Waals surface area contributed by atoms with Crippen LogP contribution >= 0.6 is 0 Å². The van der Waals surface area contributed by atoms with E-state index in [2.05, 4.69) is 10.3 Å². The molecule has 3 N–H and O–H groups in total. The largest absolute Gasteiger partial charge is 0.490 e. The van der Waals surface area contributed by atoms with Crippen molar-refractivity contribution in [3.63, 3.8) is 0 Å². The molecule has 0 atom stereocenters. The Bertz CT molecular complexity index is 1160. The van der Waals surface area contributed by atoms with Crippen LogP contribution in [0.25, 0.3) is 5.57 Å². The molecule has 0 radical (unpaired) electrons. The monoisotopic (exact) mass is 456 g/mol. The zero-order chi connectivity index (χ0) is 23.5. The van der Waals surface area contributed by atoms with Crippen molar-refractivity contribution < 1.29 is 27.8 Å². The minimum atomic E-state index is -0.726. The number of nitrogens with zero attached hydrogens (tertiary/aromatic N) is 2. The molecule has 2 heterocycles. The molecular formula is C23H22F2N4O4. The summed E-state index contributed by atoms with van der Waals surface area (Å²) in [6.45, 7) is 0.678. The van der Waals surface area contributed by atoms with E-state index in [0.29, 0.717) is 24.2 Å². The number of nitrogens with one attached hydrogen (secondary N) is 1. The van der Waals surface area contributed by atoms with Crippen LogP contribution in [0, 0.1) is 17.6 Å². The highest BCUT2D eigenvalue weighted by molar-refractivity contribution is 6.09. The highest BCUT2D eigenvalue weighted by Crippen LogP contribution is 2.32. The summed E-state index contributed by atoms with van der Waals surface area (Å²) in [5.41, 5.74) is 6.80. The summed E-state index contributed by atoms with van der Waals surface area (Å²) in [5.74, 6) is -1.89. The molecule has 0 saturated carbocycles. The quantitative estimate of drug-likeness (QED) is 0.650. The molecule has 2 aliphatic rings. The molecule has 0 spiro atoms. The number of likely N-dealkylation sites (tertiary alicyclic amines) is 1. The van der Waals surface area contributed by atoms with E-state index in [9.17, 15) is 18.4 Å². The van der Waals surface area contributed by atoms with Gasteiger partial charge in [0.25, 0.3) is 11.8 Å². The van der Waals surface area contributed by atoms with Crippen LogP contribution in [0.3, 0.4) is 0 Å². The van der Waals surface area contributed by atoms with Crippen LogP contribution in [-0.2, 0) is 4.79 Å². The second-order valence-electron chi connectivity index (χ2n) is 7.71. The number of amides is 2. The Kier molecular flexibility index (Phi) is 6.25. The van der Waals surface area contributed by atoms with E-state index in [1.54, 1.807) is 13.1 Å². The molecule has 2 aromatic rings. The lowest BCUT2D eigenvalue weighted by molar-refractivity contribution is -0.118. The summed E-state index contributed by atoms with van der Waals surface area (Å²) >= 11 is 0. The number of fused-ring (bicyclic) bond motifs is 1. The fraction of sp³-hybridized carbons (Fsp3) is 0.261. The van der Waals surface area contributed by atoms with Gasteiger partial charge in [-0.2, -0.15) is 0 Å². The van der Waals surface area contributed by atoms with Crippen LogP contribution in [0.5, 0.6) is 11.5 Å². The first-order valence-electron chi connectivity index (χ1n) is 10.2. The SMILES string of the molecule is CN=CC(=CN)c1ccc(OCC2CN(C(=O)c3cc4c(cc3F)OCC(=O)N4)C2)c(F)c1. The summed E-state index contributed by atoms with van der Waals surface area (Å²) in [6, 6.07) is 6.87. The van der Waals surface area contributed by atoms with E-state index in [-0.39, 0.29) is 47.8 Å². The van der Waals surface area contributed by atoms with Gasteiger partial charge >= 0.3 is 0 Å². The van der Waals surface area contributed by atoms with Gasteiger partial charge in [-0.3, -0.25) is 14.6 Å². The molecule has 2 aromatic carbocycles. The lowest BCUT2D eigenvalue weighted by Crippen LogP contribution is -2.52. The van der Waals surface area contributed by atoms with E-state index in [1.807, 2.05) is 0 Å². The minimum absolute atomic E-state index is 0.0246. The topological polar surface area (TPSA) is 106 Å².